The normalized spacial score (nSPS) is 13.8. The van der Waals surface area contributed by atoms with E-state index >= 15 is 0 Å². The summed E-state index contributed by atoms with van der Waals surface area (Å²) in [4.78, 5) is 0. The van der Waals surface area contributed by atoms with Crippen LogP contribution in [0.1, 0.15) is 16.7 Å². The maximum absolute atomic E-state index is 13.6. The number of hydrogen-bond acceptors (Lipinski definition) is 3. The Balaban J connectivity index is 2.42. The predicted molar refractivity (Wildman–Crippen MR) is 83.3 cm³/mol. The topological polar surface area (TPSA) is 38.7 Å². The van der Waals surface area contributed by atoms with Gasteiger partial charge in [-0.3, -0.25) is 0 Å². The van der Waals surface area contributed by atoms with Crippen LogP contribution in [0.15, 0.2) is 42.5 Å². The summed E-state index contributed by atoms with van der Waals surface area (Å²) in [7, 11) is 7.54. The summed E-state index contributed by atoms with van der Waals surface area (Å²) in [6.45, 7) is 0.209. The molecule has 6 heteroatoms. The molecule has 0 aliphatic rings. The fourth-order valence-electron chi connectivity index (χ4n) is 2.15. The largest absolute Gasteiger partial charge is 0.391 e. The fraction of sp³-hybridized carbons (Fsp3) is 0.250. The monoisotopic (exact) mass is 320 g/mol. The second-order valence-electron chi connectivity index (χ2n) is 4.83. The first-order chi connectivity index (χ1) is 10.4. The van der Waals surface area contributed by atoms with Gasteiger partial charge in [-0.05, 0) is 41.0 Å². The Morgan fingerprint density at radius 1 is 1.27 bits per heavy atom. The molecule has 2 rings (SSSR count). The number of methoxy groups -OCH3 is 1. The summed E-state index contributed by atoms with van der Waals surface area (Å²) >= 11 is 5.93. The minimum Gasteiger partial charge on any atom is -0.391 e. The van der Waals surface area contributed by atoms with Crippen LogP contribution in [-0.2, 0) is 21.6 Å². The lowest BCUT2D eigenvalue weighted by Gasteiger charge is -2.28. The number of hydrogen-bond donors (Lipinski definition) is 1. The molecule has 1 unspecified atom stereocenters. The lowest BCUT2D eigenvalue weighted by atomic mass is 9.69. The highest BCUT2D eigenvalue weighted by Crippen LogP contribution is 2.31. The first-order valence-corrected chi connectivity index (χ1v) is 6.96. The molecule has 0 fully saturated rings. The van der Waals surface area contributed by atoms with Crippen LogP contribution in [0.4, 0.5) is 4.39 Å². The molecule has 22 heavy (non-hydrogen) atoms. The molecule has 0 saturated heterocycles. The molecule has 0 aliphatic heterocycles. The minimum atomic E-state index is -1.89. The highest BCUT2D eigenvalue weighted by molar-refractivity contribution is 6.30. The Morgan fingerprint density at radius 2 is 2.05 bits per heavy atom. The van der Waals surface area contributed by atoms with Gasteiger partial charge in [-0.1, -0.05) is 29.8 Å². The van der Waals surface area contributed by atoms with Gasteiger partial charge in [-0.15, -0.1) is 0 Å². The Kier molecular flexibility index (Phi) is 5.59. The van der Waals surface area contributed by atoms with E-state index in [1.54, 1.807) is 18.2 Å². The van der Waals surface area contributed by atoms with E-state index in [1.165, 1.54) is 31.4 Å². The molecule has 0 aromatic heterocycles. The van der Waals surface area contributed by atoms with Crippen LogP contribution in [0.3, 0.4) is 0 Å². The maximum atomic E-state index is 13.6. The first-order valence-electron chi connectivity index (χ1n) is 6.58. The molecule has 114 valence electrons. The van der Waals surface area contributed by atoms with E-state index in [-0.39, 0.29) is 19.0 Å². The van der Waals surface area contributed by atoms with E-state index in [2.05, 4.69) is 0 Å². The van der Waals surface area contributed by atoms with Crippen molar-refractivity contribution < 1.29 is 19.0 Å². The van der Waals surface area contributed by atoms with Crippen molar-refractivity contribution in [3.05, 3.63) is 70.0 Å². The average molecular weight is 321 g/mol. The zero-order chi connectivity index (χ0) is 16.2. The maximum Gasteiger partial charge on any atom is 0.146 e. The molecular weight excluding hydrogens is 305 g/mol. The van der Waals surface area contributed by atoms with Crippen LogP contribution in [0.5, 0.6) is 0 Å². The average Bonchev–Trinajstić information content (AvgIpc) is 2.49. The Morgan fingerprint density at radius 3 is 2.73 bits per heavy atom. The van der Waals surface area contributed by atoms with Gasteiger partial charge in [-0.2, -0.15) is 0 Å². The molecule has 1 atom stereocenters. The van der Waals surface area contributed by atoms with Crippen molar-refractivity contribution in [1.29, 1.82) is 0 Å². The first kappa shape index (κ1) is 17.0. The quantitative estimate of drug-likeness (QED) is 0.505. The highest BCUT2D eigenvalue weighted by atomic mass is 35.5. The van der Waals surface area contributed by atoms with Gasteiger partial charge >= 0.3 is 0 Å². The molecule has 3 nitrogen and oxygen atoms in total. The van der Waals surface area contributed by atoms with E-state index in [4.69, 9.17) is 28.9 Å². The van der Waals surface area contributed by atoms with E-state index in [1.807, 2.05) is 0 Å². The van der Waals surface area contributed by atoms with E-state index in [9.17, 15) is 9.50 Å². The van der Waals surface area contributed by atoms with Crippen LogP contribution in [0.2, 0.25) is 5.02 Å². The molecule has 2 aromatic rings. The van der Waals surface area contributed by atoms with Crippen molar-refractivity contribution >= 4 is 19.4 Å². The molecule has 0 saturated carbocycles. The van der Waals surface area contributed by atoms with Crippen LogP contribution in [0, 0.1) is 5.82 Å². The SMILES string of the molecule is [B]C(O)(c1cccc(Cl)c1)c1cc(F)ccc1COCOC. The van der Waals surface area contributed by atoms with Crippen LogP contribution in [-0.4, -0.2) is 26.9 Å². The number of benzene rings is 2. The standard InChI is InChI=1S/C16H15BClFO3/c1-21-10-22-9-11-5-6-14(19)8-15(11)16(17,20)12-3-2-4-13(18)7-12/h2-8,20H,9-10H2,1H3. The molecule has 0 aliphatic carbocycles. The van der Waals surface area contributed by atoms with E-state index in [0.717, 1.165) is 0 Å². The molecule has 0 heterocycles. The van der Waals surface area contributed by atoms with Gasteiger partial charge in [0.05, 0.1) is 12.1 Å². The minimum absolute atomic E-state index is 0.0803. The molecule has 2 aromatic carbocycles. The van der Waals surface area contributed by atoms with Crippen LogP contribution in [0.25, 0.3) is 0 Å². The van der Waals surface area contributed by atoms with Gasteiger partial charge < -0.3 is 14.6 Å². The van der Waals surface area contributed by atoms with Crippen molar-refractivity contribution in [3.63, 3.8) is 0 Å². The van der Waals surface area contributed by atoms with Crippen molar-refractivity contribution in [1.82, 2.24) is 0 Å². The van der Waals surface area contributed by atoms with Gasteiger partial charge in [0.1, 0.15) is 20.5 Å². The lowest BCUT2D eigenvalue weighted by Crippen LogP contribution is -2.29. The third-order valence-corrected chi connectivity index (χ3v) is 3.44. The zero-order valence-electron chi connectivity index (χ0n) is 12.1. The van der Waals surface area contributed by atoms with Gasteiger partial charge in [-0.25, -0.2) is 4.39 Å². The van der Waals surface area contributed by atoms with E-state index < -0.39 is 11.3 Å². The highest BCUT2D eigenvalue weighted by Gasteiger charge is 2.28. The summed E-state index contributed by atoms with van der Waals surface area (Å²) in [6.07, 6.45) is 0. The van der Waals surface area contributed by atoms with E-state index in [0.29, 0.717) is 16.1 Å². The smallest absolute Gasteiger partial charge is 0.146 e. The molecule has 0 bridgehead atoms. The lowest BCUT2D eigenvalue weighted by molar-refractivity contribution is -0.0397. The second-order valence-corrected chi connectivity index (χ2v) is 5.27. The Bertz CT molecular complexity index is 649. The molecular formula is C16H15BClFO3. The zero-order valence-corrected chi connectivity index (χ0v) is 12.8. The number of ether oxygens (including phenoxy) is 2. The van der Waals surface area contributed by atoms with Crippen molar-refractivity contribution in [3.8, 4) is 0 Å². The van der Waals surface area contributed by atoms with Crippen molar-refractivity contribution in [2.24, 2.45) is 0 Å². The predicted octanol–water partition coefficient (Wildman–Crippen LogP) is 2.96. The van der Waals surface area contributed by atoms with Crippen LogP contribution < -0.4 is 0 Å². The fourth-order valence-corrected chi connectivity index (χ4v) is 2.34. The van der Waals surface area contributed by atoms with Gasteiger partial charge in [0.25, 0.3) is 0 Å². The molecule has 2 radical (unpaired) electrons. The number of aliphatic hydroxyl groups is 1. The van der Waals surface area contributed by atoms with Crippen LogP contribution >= 0.6 is 11.6 Å². The molecule has 0 spiro atoms. The third kappa shape index (κ3) is 3.87. The number of rotatable bonds is 6. The van der Waals surface area contributed by atoms with Gasteiger partial charge in [0.15, 0.2) is 0 Å². The second kappa shape index (κ2) is 7.25. The third-order valence-electron chi connectivity index (χ3n) is 3.21. The Hall–Kier alpha value is -1.40. The van der Waals surface area contributed by atoms with Crippen molar-refractivity contribution in [2.75, 3.05) is 13.9 Å². The summed E-state index contributed by atoms with van der Waals surface area (Å²) in [5.74, 6) is -0.503. The summed E-state index contributed by atoms with van der Waals surface area (Å²) in [5.41, 5.74) is -0.758. The Labute approximate surface area is 135 Å². The summed E-state index contributed by atoms with van der Waals surface area (Å²) in [5, 5.41) is 11.1. The van der Waals surface area contributed by atoms with Gasteiger partial charge in [0, 0.05) is 12.1 Å². The van der Waals surface area contributed by atoms with Gasteiger partial charge in [0.2, 0.25) is 0 Å². The molecule has 0 amide bonds. The summed E-state index contributed by atoms with van der Waals surface area (Å²) < 4.78 is 23.7. The summed E-state index contributed by atoms with van der Waals surface area (Å²) in [6, 6.07) is 10.5. The molecule has 1 N–H and O–H groups in total. The number of halogens is 2. The van der Waals surface area contributed by atoms with Crippen molar-refractivity contribution in [2.45, 2.75) is 12.1 Å².